The SMILES string of the molecule is CCOC(=O)Cc1c(C(=O)c2ccc(Cl)cc2Cl)sc2sc(C)cc12. The molecule has 130 valence electrons. The van der Waals surface area contributed by atoms with Crippen molar-refractivity contribution in [3.8, 4) is 0 Å². The summed E-state index contributed by atoms with van der Waals surface area (Å²) in [6, 6.07) is 6.79. The second-order valence-corrected chi connectivity index (χ2v) is 8.78. The highest BCUT2D eigenvalue weighted by Gasteiger charge is 2.24. The molecule has 3 rings (SSSR count). The van der Waals surface area contributed by atoms with Crippen LogP contribution in [0.5, 0.6) is 0 Å². The van der Waals surface area contributed by atoms with Gasteiger partial charge in [-0.1, -0.05) is 23.2 Å². The first-order chi connectivity index (χ1) is 11.9. The lowest BCUT2D eigenvalue weighted by Crippen LogP contribution is -2.10. The fourth-order valence-electron chi connectivity index (χ4n) is 2.57. The van der Waals surface area contributed by atoms with Gasteiger partial charge in [-0.3, -0.25) is 9.59 Å². The van der Waals surface area contributed by atoms with Gasteiger partial charge in [0.25, 0.3) is 0 Å². The average Bonchev–Trinajstić information content (AvgIpc) is 3.04. The molecule has 0 spiro atoms. The number of thiophene rings is 2. The third-order valence-electron chi connectivity index (χ3n) is 3.62. The van der Waals surface area contributed by atoms with Gasteiger partial charge < -0.3 is 4.74 Å². The predicted octanol–water partition coefficient (Wildman–Crippen LogP) is 5.91. The molecule has 0 amide bonds. The highest BCUT2D eigenvalue weighted by molar-refractivity contribution is 7.39. The van der Waals surface area contributed by atoms with E-state index in [4.69, 9.17) is 27.9 Å². The number of hydrogen-bond acceptors (Lipinski definition) is 5. The normalized spacial score (nSPS) is 11.0. The molecule has 25 heavy (non-hydrogen) atoms. The molecule has 0 aliphatic carbocycles. The maximum absolute atomic E-state index is 13.0. The Hall–Kier alpha value is -1.40. The molecule has 0 fully saturated rings. The molecule has 0 radical (unpaired) electrons. The Kier molecular flexibility index (Phi) is 5.49. The van der Waals surface area contributed by atoms with Gasteiger partial charge in [0, 0.05) is 20.8 Å². The number of carbonyl (C=O) groups is 2. The number of carbonyl (C=O) groups excluding carboxylic acids is 2. The maximum atomic E-state index is 13.0. The van der Waals surface area contributed by atoms with Crippen molar-refractivity contribution in [1.29, 1.82) is 0 Å². The fourth-order valence-corrected chi connectivity index (χ4v) is 5.62. The number of esters is 1. The molecular weight excluding hydrogens is 399 g/mol. The lowest BCUT2D eigenvalue weighted by Gasteiger charge is -2.06. The lowest BCUT2D eigenvalue weighted by atomic mass is 10.0. The van der Waals surface area contributed by atoms with E-state index in [9.17, 15) is 9.59 Å². The predicted molar refractivity (Wildman–Crippen MR) is 105 cm³/mol. The van der Waals surface area contributed by atoms with Crippen molar-refractivity contribution in [1.82, 2.24) is 0 Å². The topological polar surface area (TPSA) is 43.4 Å². The van der Waals surface area contributed by atoms with E-state index in [0.29, 0.717) is 32.7 Å². The summed E-state index contributed by atoms with van der Waals surface area (Å²) in [5.41, 5.74) is 1.08. The third-order valence-corrected chi connectivity index (χ3v) is 6.56. The Morgan fingerprint density at radius 2 is 1.92 bits per heavy atom. The highest BCUT2D eigenvalue weighted by Crippen LogP contribution is 2.39. The fraction of sp³-hybridized carbons (Fsp3) is 0.222. The summed E-state index contributed by atoms with van der Waals surface area (Å²) in [7, 11) is 0. The molecule has 3 aromatic rings. The Balaban J connectivity index is 2.09. The van der Waals surface area contributed by atoms with E-state index in [1.54, 1.807) is 36.5 Å². The molecule has 0 aliphatic rings. The van der Waals surface area contributed by atoms with Crippen molar-refractivity contribution in [2.45, 2.75) is 20.3 Å². The van der Waals surface area contributed by atoms with Crippen LogP contribution in [-0.4, -0.2) is 18.4 Å². The lowest BCUT2D eigenvalue weighted by molar-refractivity contribution is -0.142. The van der Waals surface area contributed by atoms with Crippen LogP contribution in [0.4, 0.5) is 0 Å². The zero-order valence-corrected chi connectivity index (χ0v) is 16.7. The Bertz CT molecular complexity index is 972. The second kappa shape index (κ2) is 7.46. The van der Waals surface area contributed by atoms with E-state index in [-0.39, 0.29) is 18.2 Å². The van der Waals surface area contributed by atoms with Crippen molar-refractivity contribution < 1.29 is 14.3 Å². The maximum Gasteiger partial charge on any atom is 0.310 e. The number of rotatable bonds is 5. The minimum Gasteiger partial charge on any atom is -0.466 e. The van der Waals surface area contributed by atoms with Crippen LogP contribution in [-0.2, 0) is 16.0 Å². The van der Waals surface area contributed by atoms with Crippen molar-refractivity contribution in [3.05, 3.63) is 55.2 Å². The van der Waals surface area contributed by atoms with Gasteiger partial charge in [-0.05, 0) is 43.7 Å². The number of benzene rings is 1. The van der Waals surface area contributed by atoms with Crippen LogP contribution in [0, 0.1) is 6.92 Å². The molecule has 0 unspecified atom stereocenters. The third kappa shape index (κ3) is 3.75. The molecule has 2 aromatic heterocycles. The number of halogens is 2. The quantitative estimate of drug-likeness (QED) is 0.386. The molecule has 0 atom stereocenters. The van der Waals surface area contributed by atoms with E-state index < -0.39 is 0 Å². The molecule has 7 heteroatoms. The van der Waals surface area contributed by atoms with Crippen LogP contribution < -0.4 is 0 Å². The van der Waals surface area contributed by atoms with Crippen molar-refractivity contribution in [2.75, 3.05) is 6.61 Å². The summed E-state index contributed by atoms with van der Waals surface area (Å²) in [5.74, 6) is -0.547. The molecule has 2 heterocycles. The van der Waals surface area contributed by atoms with Crippen LogP contribution in [0.1, 0.15) is 32.6 Å². The van der Waals surface area contributed by atoms with E-state index in [2.05, 4.69) is 0 Å². The highest BCUT2D eigenvalue weighted by atomic mass is 35.5. The molecule has 0 saturated carbocycles. The van der Waals surface area contributed by atoms with Crippen LogP contribution in [0.3, 0.4) is 0 Å². The van der Waals surface area contributed by atoms with Gasteiger partial charge in [-0.25, -0.2) is 0 Å². The molecule has 3 nitrogen and oxygen atoms in total. The van der Waals surface area contributed by atoms with Gasteiger partial charge in [0.2, 0.25) is 5.78 Å². The number of aryl methyl sites for hydroxylation is 1. The van der Waals surface area contributed by atoms with E-state index in [1.807, 2.05) is 13.0 Å². The molecule has 0 aliphatic heterocycles. The average molecular weight is 413 g/mol. The van der Waals surface area contributed by atoms with Crippen LogP contribution in [0.25, 0.3) is 9.40 Å². The Morgan fingerprint density at radius 3 is 2.60 bits per heavy atom. The molecule has 0 saturated heterocycles. The molecule has 0 N–H and O–H groups in total. The van der Waals surface area contributed by atoms with Gasteiger partial charge in [0.15, 0.2) is 0 Å². The Morgan fingerprint density at radius 1 is 1.16 bits per heavy atom. The van der Waals surface area contributed by atoms with Gasteiger partial charge in [0.05, 0.1) is 26.9 Å². The van der Waals surface area contributed by atoms with Crippen molar-refractivity contribution >= 4 is 67.0 Å². The standard InChI is InChI=1S/C18H14Cl2O3S2/c1-3-23-15(21)8-12-13-6-9(2)24-18(13)25-17(12)16(22)11-5-4-10(19)7-14(11)20/h4-7H,3,8H2,1-2H3. The molecule has 0 bridgehead atoms. The first-order valence-electron chi connectivity index (χ1n) is 7.58. The monoisotopic (exact) mass is 412 g/mol. The van der Waals surface area contributed by atoms with Gasteiger partial charge in [-0.15, -0.1) is 22.7 Å². The first-order valence-corrected chi connectivity index (χ1v) is 9.96. The smallest absolute Gasteiger partial charge is 0.310 e. The van der Waals surface area contributed by atoms with Crippen molar-refractivity contribution in [3.63, 3.8) is 0 Å². The summed E-state index contributed by atoms with van der Waals surface area (Å²) in [5, 5.41) is 1.71. The zero-order valence-electron chi connectivity index (χ0n) is 13.5. The van der Waals surface area contributed by atoms with Crippen LogP contribution >= 0.6 is 45.9 Å². The summed E-state index contributed by atoms with van der Waals surface area (Å²) in [6.45, 7) is 4.07. The zero-order chi connectivity index (χ0) is 18.1. The summed E-state index contributed by atoms with van der Waals surface area (Å²) in [4.78, 5) is 26.7. The van der Waals surface area contributed by atoms with Crippen LogP contribution in [0.15, 0.2) is 24.3 Å². The Labute approximate surface area is 163 Å². The first kappa shape index (κ1) is 18.4. The van der Waals surface area contributed by atoms with Crippen molar-refractivity contribution in [2.24, 2.45) is 0 Å². The minimum atomic E-state index is -0.345. The minimum absolute atomic E-state index is 0.0658. The molecular formula is C18H14Cl2O3S2. The van der Waals surface area contributed by atoms with E-state index >= 15 is 0 Å². The van der Waals surface area contributed by atoms with Gasteiger partial charge >= 0.3 is 5.97 Å². The second-order valence-electron chi connectivity index (χ2n) is 5.40. The number of ether oxygens (including phenoxy) is 1. The van der Waals surface area contributed by atoms with E-state index in [1.165, 1.54) is 11.3 Å². The summed E-state index contributed by atoms with van der Waals surface area (Å²) in [6.07, 6.45) is 0.0658. The summed E-state index contributed by atoms with van der Waals surface area (Å²) >= 11 is 15.1. The number of fused-ring (bicyclic) bond motifs is 1. The number of ketones is 1. The van der Waals surface area contributed by atoms with Gasteiger partial charge in [0.1, 0.15) is 0 Å². The molecule has 1 aromatic carbocycles. The summed E-state index contributed by atoms with van der Waals surface area (Å²) < 4.78 is 6.08. The van der Waals surface area contributed by atoms with E-state index in [0.717, 1.165) is 14.3 Å². The van der Waals surface area contributed by atoms with Gasteiger partial charge in [-0.2, -0.15) is 0 Å². The number of hydrogen-bond donors (Lipinski definition) is 0. The van der Waals surface area contributed by atoms with Crippen LogP contribution in [0.2, 0.25) is 10.0 Å². The largest absolute Gasteiger partial charge is 0.466 e.